The highest BCUT2D eigenvalue weighted by atomic mass is 14.2. The van der Waals surface area contributed by atoms with Crippen molar-refractivity contribution in [1.29, 1.82) is 0 Å². The molecule has 0 aliphatic rings. The van der Waals surface area contributed by atoms with Crippen LogP contribution in [0.25, 0.3) is 98.7 Å². The van der Waals surface area contributed by atoms with Crippen molar-refractivity contribution >= 4 is 43.1 Å². The van der Waals surface area contributed by atoms with Gasteiger partial charge in [-0.1, -0.05) is 176 Å². The van der Waals surface area contributed by atoms with E-state index in [0.29, 0.717) is 0 Å². The molecule has 0 aliphatic heterocycles. The van der Waals surface area contributed by atoms with Gasteiger partial charge in [0.15, 0.2) is 0 Å². The molecule has 0 aromatic heterocycles. The number of hydrogen-bond acceptors (Lipinski definition) is 0. The van der Waals surface area contributed by atoms with Crippen molar-refractivity contribution in [1.82, 2.24) is 0 Å². The van der Waals surface area contributed by atoms with Crippen LogP contribution in [0, 0.1) is 13.8 Å². The molecule has 54 heavy (non-hydrogen) atoms. The fraction of sp³-hybridized carbons (Fsp3) is 0.0370. The van der Waals surface area contributed by atoms with Gasteiger partial charge in [0.25, 0.3) is 0 Å². The molecule has 0 heterocycles. The van der Waals surface area contributed by atoms with Gasteiger partial charge in [-0.2, -0.15) is 0 Å². The summed E-state index contributed by atoms with van der Waals surface area (Å²) >= 11 is 0. The maximum atomic E-state index is 2.37. The standard InChI is InChI=1S/C54H38/c1-35-25-26-42(34-51(35)52-33-41-15-4-3-14-40(41)31-36(52)2)37-27-29-39(30-28-37)53-47-20-7-9-22-49(47)54(50-23-10-8-21-48(50)53)44-18-11-17-43(32-44)46-24-12-16-38-13-5-6-19-45(38)46/h3-34H,1-2H3. The van der Waals surface area contributed by atoms with E-state index >= 15 is 0 Å². The molecule has 0 nitrogen and oxygen atoms in total. The van der Waals surface area contributed by atoms with E-state index in [-0.39, 0.29) is 0 Å². The third-order valence-corrected chi connectivity index (χ3v) is 11.3. The first kappa shape index (κ1) is 31.9. The van der Waals surface area contributed by atoms with Crippen LogP contribution in [0.2, 0.25) is 0 Å². The zero-order chi connectivity index (χ0) is 36.2. The number of hydrogen-bond donors (Lipinski definition) is 0. The number of aryl methyl sites for hydroxylation is 2. The molecule has 0 bridgehead atoms. The lowest BCUT2D eigenvalue weighted by atomic mass is 9.85. The van der Waals surface area contributed by atoms with Crippen molar-refractivity contribution in [2.45, 2.75) is 13.8 Å². The SMILES string of the molecule is Cc1ccc(-c2ccc(-c3c4ccccc4c(-c4cccc(-c5cccc6ccccc56)c4)c4ccccc34)cc2)cc1-c1cc2ccccc2cc1C. The van der Waals surface area contributed by atoms with Crippen molar-refractivity contribution in [3.05, 3.63) is 205 Å². The van der Waals surface area contributed by atoms with Crippen LogP contribution in [-0.4, -0.2) is 0 Å². The van der Waals surface area contributed by atoms with Crippen LogP contribution in [-0.2, 0) is 0 Å². The minimum absolute atomic E-state index is 1.22. The van der Waals surface area contributed by atoms with Crippen LogP contribution in [0.4, 0.5) is 0 Å². The molecule has 254 valence electrons. The topological polar surface area (TPSA) is 0 Å². The van der Waals surface area contributed by atoms with Gasteiger partial charge in [-0.3, -0.25) is 0 Å². The summed E-state index contributed by atoms with van der Waals surface area (Å²) in [6.07, 6.45) is 0. The molecular formula is C54H38. The number of rotatable bonds is 5. The first-order valence-corrected chi connectivity index (χ1v) is 18.8. The lowest BCUT2D eigenvalue weighted by Gasteiger charge is -2.18. The Morgan fingerprint density at radius 2 is 0.722 bits per heavy atom. The maximum absolute atomic E-state index is 2.37. The average molecular weight is 687 g/mol. The molecule has 0 radical (unpaired) electrons. The molecule has 0 spiro atoms. The molecule has 10 rings (SSSR count). The van der Waals surface area contributed by atoms with Crippen LogP contribution < -0.4 is 0 Å². The van der Waals surface area contributed by atoms with Crippen molar-refractivity contribution in [2.75, 3.05) is 0 Å². The van der Waals surface area contributed by atoms with E-state index in [2.05, 4.69) is 208 Å². The van der Waals surface area contributed by atoms with Gasteiger partial charge in [0.1, 0.15) is 0 Å². The Morgan fingerprint density at radius 3 is 1.41 bits per heavy atom. The molecule has 0 saturated heterocycles. The molecule has 0 amide bonds. The van der Waals surface area contributed by atoms with E-state index in [1.807, 2.05) is 0 Å². The van der Waals surface area contributed by atoms with E-state index in [4.69, 9.17) is 0 Å². The van der Waals surface area contributed by atoms with E-state index < -0.39 is 0 Å². The van der Waals surface area contributed by atoms with Gasteiger partial charge in [-0.05, 0) is 142 Å². The second kappa shape index (κ2) is 13.0. The predicted molar refractivity (Wildman–Crippen MR) is 233 cm³/mol. The fourth-order valence-electron chi connectivity index (χ4n) is 8.64. The molecule has 0 atom stereocenters. The van der Waals surface area contributed by atoms with Gasteiger partial charge in [-0.25, -0.2) is 0 Å². The maximum Gasteiger partial charge on any atom is -0.00262 e. The molecule has 0 heteroatoms. The smallest absolute Gasteiger partial charge is 0.00262 e. The van der Waals surface area contributed by atoms with Crippen molar-refractivity contribution in [3.8, 4) is 55.6 Å². The molecule has 10 aromatic carbocycles. The third kappa shape index (κ3) is 5.38. The highest BCUT2D eigenvalue weighted by molar-refractivity contribution is 6.21. The van der Waals surface area contributed by atoms with Gasteiger partial charge < -0.3 is 0 Å². The molecule has 0 fully saturated rings. The number of fused-ring (bicyclic) bond motifs is 4. The normalized spacial score (nSPS) is 11.5. The molecule has 0 saturated carbocycles. The second-order valence-electron chi connectivity index (χ2n) is 14.6. The summed E-state index contributed by atoms with van der Waals surface area (Å²) in [5, 5.41) is 10.1. The summed E-state index contributed by atoms with van der Waals surface area (Å²) in [4.78, 5) is 0. The van der Waals surface area contributed by atoms with Crippen LogP contribution in [0.15, 0.2) is 194 Å². The average Bonchev–Trinajstić information content (AvgIpc) is 3.22. The molecule has 0 aliphatic carbocycles. The lowest BCUT2D eigenvalue weighted by Crippen LogP contribution is -1.92. The highest BCUT2D eigenvalue weighted by Crippen LogP contribution is 2.45. The van der Waals surface area contributed by atoms with Crippen LogP contribution in [0.5, 0.6) is 0 Å². The molecule has 0 N–H and O–H groups in total. The van der Waals surface area contributed by atoms with Gasteiger partial charge in [-0.15, -0.1) is 0 Å². The van der Waals surface area contributed by atoms with Crippen molar-refractivity contribution in [2.24, 2.45) is 0 Å². The first-order chi connectivity index (χ1) is 26.6. The molecular weight excluding hydrogens is 649 g/mol. The van der Waals surface area contributed by atoms with Gasteiger partial charge in [0.05, 0.1) is 0 Å². The fourth-order valence-corrected chi connectivity index (χ4v) is 8.64. The van der Waals surface area contributed by atoms with Crippen LogP contribution in [0.1, 0.15) is 11.1 Å². The summed E-state index contributed by atoms with van der Waals surface area (Å²) in [6.45, 7) is 4.45. The first-order valence-electron chi connectivity index (χ1n) is 18.8. The summed E-state index contributed by atoms with van der Waals surface area (Å²) in [5.41, 5.74) is 15.1. The van der Waals surface area contributed by atoms with E-state index in [1.165, 1.54) is 110 Å². The largest absolute Gasteiger partial charge is 0.0616 e. The summed E-state index contributed by atoms with van der Waals surface area (Å²) in [7, 11) is 0. The van der Waals surface area contributed by atoms with Gasteiger partial charge in [0, 0.05) is 0 Å². The van der Waals surface area contributed by atoms with E-state index in [1.54, 1.807) is 0 Å². The number of benzene rings is 10. The Balaban J connectivity index is 1.09. The Bertz CT molecular complexity index is 2990. The van der Waals surface area contributed by atoms with E-state index in [0.717, 1.165) is 0 Å². The summed E-state index contributed by atoms with van der Waals surface area (Å²) in [6, 6.07) is 71.6. The summed E-state index contributed by atoms with van der Waals surface area (Å²) < 4.78 is 0. The van der Waals surface area contributed by atoms with Gasteiger partial charge >= 0.3 is 0 Å². The third-order valence-electron chi connectivity index (χ3n) is 11.3. The predicted octanol–water partition coefficient (Wildman–Crippen LogP) is 15.3. The lowest BCUT2D eigenvalue weighted by molar-refractivity contribution is 1.42. The summed E-state index contributed by atoms with van der Waals surface area (Å²) in [5.74, 6) is 0. The van der Waals surface area contributed by atoms with Crippen LogP contribution >= 0.6 is 0 Å². The molecule has 10 aromatic rings. The molecule has 0 unspecified atom stereocenters. The minimum Gasteiger partial charge on any atom is -0.0616 e. The quantitative estimate of drug-likeness (QED) is 0.158. The minimum atomic E-state index is 1.22. The van der Waals surface area contributed by atoms with Crippen molar-refractivity contribution in [3.63, 3.8) is 0 Å². The van der Waals surface area contributed by atoms with E-state index in [9.17, 15) is 0 Å². The Morgan fingerprint density at radius 1 is 0.241 bits per heavy atom. The van der Waals surface area contributed by atoms with Crippen molar-refractivity contribution < 1.29 is 0 Å². The zero-order valence-electron chi connectivity index (χ0n) is 30.5. The Labute approximate surface area is 316 Å². The Kier molecular flexibility index (Phi) is 7.70. The highest BCUT2D eigenvalue weighted by Gasteiger charge is 2.18. The van der Waals surface area contributed by atoms with Crippen LogP contribution in [0.3, 0.4) is 0 Å². The zero-order valence-corrected chi connectivity index (χ0v) is 30.5. The Hall–Kier alpha value is -6.76. The monoisotopic (exact) mass is 686 g/mol. The van der Waals surface area contributed by atoms with Gasteiger partial charge in [0.2, 0.25) is 0 Å². The second-order valence-corrected chi connectivity index (χ2v) is 14.6.